The van der Waals surface area contributed by atoms with Gasteiger partial charge >= 0.3 is 0 Å². The quantitative estimate of drug-likeness (QED) is 0.194. The molecule has 1 aromatic heterocycles. The van der Waals surface area contributed by atoms with Crippen LogP contribution >= 0.6 is 11.3 Å². The summed E-state index contributed by atoms with van der Waals surface area (Å²) in [6.45, 7) is 0. The van der Waals surface area contributed by atoms with E-state index in [1.54, 1.807) is 65.9 Å². The third-order valence-corrected chi connectivity index (χ3v) is 7.99. The lowest BCUT2D eigenvalue weighted by molar-refractivity contribution is -0.134. The molecule has 0 spiro atoms. The zero-order valence-corrected chi connectivity index (χ0v) is 21.9. The number of aryl methyl sites for hydroxylation is 1. The predicted octanol–water partition coefficient (Wildman–Crippen LogP) is 5.30. The van der Waals surface area contributed by atoms with Crippen molar-refractivity contribution in [3.05, 3.63) is 113 Å². The first-order valence-electron chi connectivity index (χ1n) is 11.8. The number of rotatable bonds is 11. The Balaban J connectivity index is 1.30. The number of nitrogens with one attached hydrogen (secondary N) is 1. The number of carbonyl (C=O) groups excluding carboxylic acids is 3. The number of thiophene rings is 1. The van der Waals surface area contributed by atoms with E-state index in [-0.39, 0.29) is 24.8 Å². The number of carbonyl (C=O) groups is 3. The van der Waals surface area contributed by atoms with Crippen LogP contribution in [-0.2, 0) is 37.3 Å². The first kappa shape index (κ1) is 27.1. The van der Waals surface area contributed by atoms with Crippen molar-refractivity contribution < 1.29 is 27.4 Å². The maximum Gasteiger partial charge on any atom is 0.292 e. The van der Waals surface area contributed by atoms with E-state index >= 15 is 0 Å². The van der Waals surface area contributed by atoms with Crippen LogP contribution in [0.4, 0.5) is 5.69 Å². The summed E-state index contributed by atoms with van der Waals surface area (Å²) in [5.41, 5.74) is 3.16. The molecule has 38 heavy (non-hydrogen) atoms. The van der Waals surface area contributed by atoms with E-state index in [1.807, 2.05) is 29.6 Å². The molecule has 2 N–H and O–H groups in total. The van der Waals surface area contributed by atoms with E-state index in [1.165, 1.54) is 12.1 Å². The minimum absolute atomic E-state index is 0.0862. The summed E-state index contributed by atoms with van der Waals surface area (Å²) in [6, 6.07) is 25.9. The molecule has 1 atom stereocenters. The number of Topliss-reactive ketones (excluding diaryl/α,β-unsaturated/α-hetero) is 2. The maximum atomic E-state index is 12.7. The molecule has 0 saturated heterocycles. The van der Waals surface area contributed by atoms with Crippen LogP contribution in [0, 0.1) is 0 Å². The molecule has 0 aliphatic heterocycles. The van der Waals surface area contributed by atoms with Crippen molar-refractivity contribution in [2.75, 3.05) is 5.32 Å². The predicted molar refractivity (Wildman–Crippen MR) is 148 cm³/mol. The van der Waals surface area contributed by atoms with E-state index in [2.05, 4.69) is 5.32 Å². The van der Waals surface area contributed by atoms with Crippen molar-refractivity contribution in [3.8, 4) is 10.4 Å². The van der Waals surface area contributed by atoms with Crippen LogP contribution < -0.4 is 5.32 Å². The Hall–Kier alpha value is -3.92. The first-order valence-corrected chi connectivity index (χ1v) is 14.2. The van der Waals surface area contributed by atoms with Crippen molar-refractivity contribution in [1.29, 1.82) is 0 Å². The van der Waals surface area contributed by atoms with Gasteiger partial charge in [0.15, 0.2) is 11.0 Å². The third kappa shape index (κ3) is 7.10. The van der Waals surface area contributed by atoms with Gasteiger partial charge in [-0.25, -0.2) is 0 Å². The molecule has 9 heteroatoms. The molecule has 4 rings (SSSR count). The minimum Gasteiger partial charge on any atom is -0.319 e. The largest absolute Gasteiger partial charge is 0.319 e. The lowest BCUT2D eigenvalue weighted by atomic mass is 10.00. The zero-order valence-electron chi connectivity index (χ0n) is 20.2. The van der Waals surface area contributed by atoms with Crippen LogP contribution in [-0.4, -0.2) is 30.4 Å². The van der Waals surface area contributed by atoms with Crippen LogP contribution in [0.25, 0.3) is 10.4 Å². The average molecular weight is 548 g/mol. The summed E-state index contributed by atoms with van der Waals surface area (Å²) in [7, 11) is -4.61. The second kappa shape index (κ2) is 12.1. The van der Waals surface area contributed by atoms with Gasteiger partial charge in [0.25, 0.3) is 16.0 Å². The summed E-state index contributed by atoms with van der Waals surface area (Å²) < 4.78 is 33.3. The molecular weight excluding hydrogens is 522 g/mol. The van der Waals surface area contributed by atoms with Gasteiger partial charge in [0.2, 0.25) is 5.78 Å². The number of hydrogen-bond acceptors (Lipinski definition) is 6. The van der Waals surface area contributed by atoms with E-state index in [9.17, 15) is 27.4 Å². The molecule has 1 heterocycles. The Kier molecular flexibility index (Phi) is 8.62. The van der Waals surface area contributed by atoms with E-state index in [0.717, 1.165) is 16.0 Å². The van der Waals surface area contributed by atoms with Crippen LogP contribution in [0.5, 0.6) is 0 Å². The number of ketones is 2. The molecule has 7 nitrogen and oxygen atoms in total. The van der Waals surface area contributed by atoms with Crippen LogP contribution in [0.2, 0.25) is 0 Å². The van der Waals surface area contributed by atoms with E-state index in [4.69, 9.17) is 0 Å². The minimum atomic E-state index is -4.61. The molecule has 1 unspecified atom stereocenters. The van der Waals surface area contributed by atoms with Crippen molar-refractivity contribution in [2.24, 2.45) is 0 Å². The van der Waals surface area contributed by atoms with Gasteiger partial charge in [-0.2, -0.15) is 8.42 Å². The van der Waals surface area contributed by atoms with Gasteiger partial charge in [-0.05, 0) is 52.3 Å². The fourth-order valence-electron chi connectivity index (χ4n) is 4.00. The second-order valence-electron chi connectivity index (χ2n) is 8.70. The normalized spacial score (nSPS) is 12.0. The van der Waals surface area contributed by atoms with Crippen LogP contribution in [0.1, 0.15) is 28.4 Å². The SMILES string of the molecule is O=C(Cc1ccc(CCC(=O)C(c2ccccc2)S(=O)(=O)O)cc1)C(=O)Nc1ccc(-c2cccs2)cc1. The van der Waals surface area contributed by atoms with Gasteiger partial charge in [0.1, 0.15) is 0 Å². The Labute approximate surface area is 224 Å². The number of benzene rings is 3. The molecule has 194 valence electrons. The summed E-state index contributed by atoms with van der Waals surface area (Å²) in [5.74, 6) is -1.91. The highest BCUT2D eigenvalue weighted by molar-refractivity contribution is 7.86. The van der Waals surface area contributed by atoms with E-state index in [0.29, 0.717) is 11.3 Å². The zero-order chi connectivity index (χ0) is 27.1. The highest BCUT2D eigenvalue weighted by Crippen LogP contribution is 2.26. The number of amides is 1. The van der Waals surface area contributed by atoms with Crippen molar-refractivity contribution in [2.45, 2.75) is 24.5 Å². The molecule has 0 aliphatic carbocycles. The van der Waals surface area contributed by atoms with Gasteiger partial charge < -0.3 is 5.32 Å². The Morgan fingerprint density at radius 3 is 2.08 bits per heavy atom. The smallest absolute Gasteiger partial charge is 0.292 e. The maximum absolute atomic E-state index is 12.7. The van der Waals surface area contributed by atoms with Crippen LogP contribution in [0.3, 0.4) is 0 Å². The molecule has 0 fully saturated rings. The monoisotopic (exact) mass is 547 g/mol. The van der Waals surface area contributed by atoms with Crippen molar-refractivity contribution >= 4 is 44.6 Å². The Morgan fingerprint density at radius 1 is 0.816 bits per heavy atom. The third-order valence-electron chi connectivity index (χ3n) is 5.94. The topological polar surface area (TPSA) is 118 Å². The molecular formula is C29H25NO6S2. The molecule has 3 aromatic carbocycles. The first-order chi connectivity index (χ1) is 18.2. The van der Waals surface area contributed by atoms with E-state index < -0.39 is 32.8 Å². The van der Waals surface area contributed by atoms with Gasteiger partial charge in [-0.15, -0.1) is 11.3 Å². The van der Waals surface area contributed by atoms with Crippen LogP contribution in [0.15, 0.2) is 96.4 Å². The van der Waals surface area contributed by atoms with Gasteiger partial charge in [-0.1, -0.05) is 72.8 Å². The summed E-state index contributed by atoms with van der Waals surface area (Å²) >= 11 is 1.62. The fraction of sp³-hybridized carbons (Fsp3) is 0.138. The molecule has 0 radical (unpaired) electrons. The summed E-state index contributed by atoms with van der Waals surface area (Å²) in [5, 5.41) is 2.98. The Bertz CT molecular complexity index is 1510. The van der Waals surface area contributed by atoms with Crippen molar-refractivity contribution in [3.63, 3.8) is 0 Å². The molecule has 4 aromatic rings. The highest BCUT2D eigenvalue weighted by Gasteiger charge is 2.32. The molecule has 0 saturated carbocycles. The number of anilines is 1. The molecule has 1 amide bonds. The van der Waals surface area contributed by atoms with Gasteiger partial charge in [-0.3, -0.25) is 18.9 Å². The summed E-state index contributed by atoms with van der Waals surface area (Å²) in [4.78, 5) is 38.6. The number of hydrogen-bond donors (Lipinski definition) is 2. The lowest BCUT2D eigenvalue weighted by Crippen LogP contribution is -2.24. The van der Waals surface area contributed by atoms with Gasteiger partial charge in [0.05, 0.1) is 0 Å². The molecule has 0 bridgehead atoms. The molecule has 0 aliphatic rings. The second-order valence-corrected chi connectivity index (χ2v) is 11.1. The Morgan fingerprint density at radius 2 is 1.47 bits per heavy atom. The lowest BCUT2D eigenvalue weighted by Gasteiger charge is -2.13. The van der Waals surface area contributed by atoms with Crippen molar-refractivity contribution in [1.82, 2.24) is 0 Å². The standard InChI is InChI=1S/C29H25NO6S2/c31-25(28(38(34,35)36)23-5-2-1-3-6-23)17-12-20-8-10-21(11-9-20)19-26(32)29(33)30-24-15-13-22(14-16-24)27-7-4-18-37-27/h1-11,13-16,18,28H,12,17,19H2,(H,30,33)(H,34,35,36). The fourth-order valence-corrected chi connectivity index (χ4v) is 5.69. The summed E-state index contributed by atoms with van der Waals surface area (Å²) in [6.07, 6.45) is 0.0797. The highest BCUT2D eigenvalue weighted by atomic mass is 32.2. The van der Waals surface area contributed by atoms with Gasteiger partial charge in [0, 0.05) is 23.4 Å². The average Bonchev–Trinajstić information content (AvgIpc) is 3.44.